The Balaban J connectivity index is 1.92. The number of aromatic nitrogens is 2. The van der Waals surface area contributed by atoms with Gasteiger partial charge in [0, 0.05) is 32.4 Å². The number of nitrogens with zero attached hydrogens (tertiary/aromatic N) is 4. The number of rotatable bonds is 3. The van der Waals surface area contributed by atoms with Gasteiger partial charge in [-0.05, 0) is 12.8 Å². The van der Waals surface area contributed by atoms with E-state index in [0.29, 0.717) is 12.0 Å². The molecule has 0 aliphatic heterocycles. The number of guanidine groups is 1. The highest BCUT2D eigenvalue weighted by atomic mass is 15.3. The molecule has 1 aliphatic carbocycles. The van der Waals surface area contributed by atoms with Crippen LogP contribution in [0.25, 0.3) is 0 Å². The summed E-state index contributed by atoms with van der Waals surface area (Å²) in [6.45, 7) is 0.760. The van der Waals surface area contributed by atoms with Crippen LogP contribution in [0.4, 0.5) is 0 Å². The minimum atomic E-state index is 0.436. The van der Waals surface area contributed by atoms with Crippen LogP contribution < -0.4 is 5.73 Å². The van der Waals surface area contributed by atoms with Crippen LogP contribution in [0.2, 0.25) is 0 Å². The summed E-state index contributed by atoms with van der Waals surface area (Å²) in [5.74, 6) is 0.640. The van der Waals surface area contributed by atoms with Gasteiger partial charge in [-0.15, -0.1) is 0 Å². The molecule has 0 atom stereocenters. The fourth-order valence-electron chi connectivity index (χ4n) is 2.23. The fourth-order valence-corrected chi connectivity index (χ4v) is 2.23. The maximum atomic E-state index is 6.00. The van der Waals surface area contributed by atoms with Crippen LogP contribution in [0.15, 0.2) is 17.4 Å². The lowest BCUT2D eigenvalue weighted by molar-refractivity contribution is 0.486. The van der Waals surface area contributed by atoms with Gasteiger partial charge in [-0.1, -0.05) is 12.8 Å². The van der Waals surface area contributed by atoms with Crippen LogP contribution >= 0.6 is 0 Å². The van der Waals surface area contributed by atoms with E-state index in [0.717, 1.165) is 12.1 Å². The van der Waals surface area contributed by atoms with Crippen LogP contribution in [0, 0.1) is 0 Å². The lowest BCUT2D eigenvalue weighted by Gasteiger charge is -2.18. The first-order chi connectivity index (χ1) is 8.15. The quantitative estimate of drug-likeness (QED) is 0.630. The molecule has 1 fully saturated rings. The average molecular weight is 235 g/mol. The summed E-state index contributed by atoms with van der Waals surface area (Å²) in [4.78, 5) is 6.55. The minimum absolute atomic E-state index is 0.436. The summed E-state index contributed by atoms with van der Waals surface area (Å²) >= 11 is 0. The largest absolute Gasteiger partial charge is 0.370 e. The Labute approximate surface area is 102 Å². The van der Waals surface area contributed by atoms with E-state index in [1.165, 1.54) is 25.7 Å². The molecule has 94 valence electrons. The third-order valence-corrected chi connectivity index (χ3v) is 3.21. The van der Waals surface area contributed by atoms with Gasteiger partial charge in [-0.2, -0.15) is 5.10 Å². The number of aliphatic imine (C=N–C) groups is 1. The van der Waals surface area contributed by atoms with Crippen molar-refractivity contribution in [2.45, 2.75) is 38.3 Å². The van der Waals surface area contributed by atoms with Crippen LogP contribution in [-0.4, -0.2) is 33.7 Å². The molecule has 5 heteroatoms. The average Bonchev–Trinajstić information content (AvgIpc) is 2.90. The van der Waals surface area contributed by atoms with Crippen molar-refractivity contribution in [2.24, 2.45) is 17.8 Å². The first kappa shape index (κ1) is 12.0. The molecule has 0 spiro atoms. The van der Waals surface area contributed by atoms with Gasteiger partial charge in [0.25, 0.3) is 0 Å². The molecule has 0 unspecified atom stereocenters. The van der Waals surface area contributed by atoms with Crippen LogP contribution in [-0.2, 0) is 13.6 Å². The Bertz CT molecular complexity index is 389. The van der Waals surface area contributed by atoms with E-state index in [1.54, 1.807) is 4.68 Å². The van der Waals surface area contributed by atoms with Gasteiger partial charge in [-0.25, -0.2) is 4.99 Å². The molecule has 1 heterocycles. The summed E-state index contributed by atoms with van der Waals surface area (Å²) in [5, 5.41) is 4.14. The molecule has 0 amide bonds. The molecule has 0 aromatic carbocycles. The van der Waals surface area contributed by atoms with Gasteiger partial charge in [-0.3, -0.25) is 4.68 Å². The normalized spacial score (nSPS) is 17.6. The maximum Gasteiger partial charge on any atom is 0.191 e. The van der Waals surface area contributed by atoms with Crippen LogP contribution in [0.3, 0.4) is 0 Å². The van der Waals surface area contributed by atoms with Crippen LogP contribution in [0.5, 0.6) is 0 Å². The summed E-state index contributed by atoms with van der Waals surface area (Å²) in [7, 11) is 3.89. The van der Waals surface area contributed by atoms with Gasteiger partial charge in [0.1, 0.15) is 0 Å². The molecule has 2 rings (SSSR count). The molecular weight excluding hydrogens is 214 g/mol. The van der Waals surface area contributed by atoms with E-state index in [2.05, 4.69) is 10.1 Å². The highest BCUT2D eigenvalue weighted by Crippen LogP contribution is 2.20. The zero-order valence-corrected chi connectivity index (χ0v) is 10.6. The lowest BCUT2D eigenvalue weighted by Crippen LogP contribution is -2.34. The topological polar surface area (TPSA) is 59.4 Å². The predicted molar refractivity (Wildman–Crippen MR) is 68.6 cm³/mol. The van der Waals surface area contributed by atoms with E-state index in [9.17, 15) is 0 Å². The van der Waals surface area contributed by atoms with E-state index < -0.39 is 0 Å². The molecule has 1 aromatic rings. The van der Waals surface area contributed by atoms with E-state index >= 15 is 0 Å². The molecule has 2 N–H and O–H groups in total. The smallest absolute Gasteiger partial charge is 0.191 e. The van der Waals surface area contributed by atoms with Gasteiger partial charge >= 0.3 is 0 Å². The monoisotopic (exact) mass is 235 g/mol. The Morgan fingerprint density at radius 1 is 1.59 bits per heavy atom. The molecule has 1 aliphatic rings. The second-order valence-corrected chi connectivity index (χ2v) is 4.80. The van der Waals surface area contributed by atoms with Crippen molar-refractivity contribution in [2.75, 3.05) is 7.05 Å². The number of hydrogen-bond donors (Lipinski definition) is 1. The highest BCUT2D eigenvalue weighted by molar-refractivity contribution is 5.77. The number of aryl methyl sites for hydroxylation is 1. The van der Waals surface area contributed by atoms with E-state index in [-0.39, 0.29) is 0 Å². The third-order valence-electron chi connectivity index (χ3n) is 3.21. The standard InChI is InChI=1S/C12H21N5/c1-16(8-10-7-14-17(2)9-10)12(13)15-11-5-3-4-6-11/h7,9,11H,3-6,8H2,1-2H3,(H2,13,15). The maximum absolute atomic E-state index is 6.00. The van der Waals surface area contributed by atoms with Crippen molar-refractivity contribution >= 4 is 5.96 Å². The summed E-state index contributed by atoms with van der Waals surface area (Å²) in [6.07, 6.45) is 8.79. The SMILES string of the molecule is CN(Cc1cnn(C)c1)C(N)=NC1CCCC1. The first-order valence-electron chi connectivity index (χ1n) is 6.17. The van der Waals surface area contributed by atoms with Crippen molar-refractivity contribution in [3.8, 4) is 0 Å². The summed E-state index contributed by atoms with van der Waals surface area (Å²) < 4.78 is 1.80. The molecule has 17 heavy (non-hydrogen) atoms. The van der Waals surface area contributed by atoms with Crippen molar-refractivity contribution in [3.05, 3.63) is 18.0 Å². The Hall–Kier alpha value is -1.52. The molecule has 5 nitrogen and oxygen atoms in total. The van der Waals surface area contributed by atoms with Crippen LogP contribution in [0.1, 0.15) is 31.2 Å². The Morgan fingerprint density at radius 2 is 2.29 bits per heavy atom. The Kier molecular flexibility index (Phi) is 3.66. The summed E-state index contributed by atoms with van der Waals surface area (Å²) in [6, 6.07) is 0.436. The highest BCUT2D eigenvalue weighted by Gasteiger charge is 2.15. The minimum Gasteiger partial charge on any atom is -0.370 e. The first-order valence-corrected chi connectivity index (χ1v) is 6.17. The fraction of sp³-hybridized carbons (Fsp3) is 0.667. The van der Waals surface area contributed by atoms with Gasteiger partial charge in [0.05, 0.1) is 12.2 Å². The lowest BCUT2D eigenvalue weighted by atomic mass is 10.3. The zero-order chi connectivity index (χ0) is 12.3. The van der Waals surface area contributed by atoms with Crippen molar-refractivity contribution in [1.29, 1.82) is 0 Å². The predicted octanol–water partition coefficient (Wildman–Crippen LogP) is 1.11. The Morgan fingerprint density at radius 3 is 2.88 bits per heavy atom. The van der Waals surface area contributed by atoms with Crippen molar-refractivity contribution in [1.82, 2.24) is 14.7 Å². The number of hydrogen-bond acceptors (Lipinski definition) is 2. The van der Waals surface area contributed by atoms with Gasteiger partial charge in [0.15, 0.2) is 5.96 Å². The second-order valence-electron chi connectivity index (χ2n) is 4.80. The molecule has 1 saturated carbocycles. The second kappa shape index (κ2) is 5.21. The van der Waals surface area contributed by atoms with E-state index in [4.69, 9.17) is 5.73 Å². The van der Waals surface area contributed by atoms with Gasteiger partial charge in [0.2, 0.25) is 0 Å². The van der Waals surface area contributed by atoms with E-state index in [1.807, 2.05) is 31.4 Å². The van der Waals surface area contributed by atoms with Gasteiger partial charge < -0.3 is 10.6 Å². The molecular formula is C12H21N5. The molecule has 0 bridgehead atoms. The molecule has 0 radical (unpaired) electrons. The zero-order valence-electron chi connectivity index (χ0n) is 10.6. The third kappa shape index (κ3) is 3.22. The molecule has 0 saturated heterocycles. The van der Waals surface area contributed by atoms with Crippen molar-refractivity contribution in [3.63, 3.8) is 0 Å². The van der Waals surface area contributed by atoms with Crippen molar-refractivity contribution < 1.29 is 0 Å². The molecule has 1 aromatic heterocycles. The summed E-state index contributed by atoms with van der Waals surface area (Å²) in [5.41, 5.74) is 7.15. The number of nitrogens with two attached hydrogens (primary N) is 1.